The van der Waals surface area contributed by atoms with E-state index in [2.05, 4.69) is 37.0 Å². The van der Waals surface area contributed by atoms with Gasteiger partial charge in [0.15, 0.2) is 0 Å². The number of fused-ring (bicyclic) bond motifs is 1. The third-order valence-electron chi connectivity index (χ3n) is 6.67. The molecule has 192 valence electrons. The second kappa shape index (κ2) is 9.96. The lowest BCUT2D eigenvalue weighted by molar-refractivity contribution is 0.164. The minimum absolute atomic E-state index is 0.0882. The van der Waals surface area contributed by atoms with E-state index in [1.165, 1.54) is 0 Å². The van der Waals surface area contributed by atoms with Crippen molar-refractivity contribution >= 4 is 38.8 Å². The van der Waals surface area contributed by atoms with Crippen molar-refractivity contribution in [3.8, 4) is 5.75 Å². The molecular weight excluding hydrogens is 482 g/mol. The van der Waals surface area contributed by atoms with Gasteiger partial charge in [0.05, 0.1) is 11.0 Å². The molecule has 0 spiro atoms. The summed E-state index contributed by atoms with van der Waals surface area (Å²) >= 11 is 0. The molecule has 12 heteroatoms. The molecule has 0 atom stereocenters. The van der Waals surface area contributed by atoms with Crippen molar-refractivity contribution in [2.24, 2.45) is 0 Å². The smallest absolute Gasteiger partial charge is 0.339 e. The number of rotatable bonds is 5. The molecule has 2 N–H and O–H groups in total. The fourth-order valence-corrected chi connectivity index (χ4v) is 5.28. The van der Waals surface area contributed by atoms with Gasteiger partial charge in [-0.15, -0.1) is 0 Å². The predicted molar refractivity (Wildman–Crippen MR) is 138 cm³/mol. The third kappa shape index (κ3) is 5.40. The Kier molecular flexibility index (Phi) is 6.73. The number of carbonyl (C=O) groups is 1. The first-order chi connectivity index (χ1) is 17.3. The number of nitrogens with zero attached hydrogens (tertiary/aromatic N) is 5. The number of hydrogen-bond donors (Lipinski definition) is 2. The number of carbonyl (C=O) groups excluding carboxylic acids is 1. The average molecular weight is 514 g/mol. The van der Waals surface area contributed by atoms with Gasteiger partial charge >= 0.3 is 16.1 Å². The normalized spacial score (nSPS) is 17.9. The van der Waals surface area contributed by atoms with Crippen molar-refractivity contribution in [3.63, 3.8) is 0 Å². The first kappa shape index (κ1) is 24.3. The Morgan fingerprint density at radius 1 is 0.917 bits per heavy atom. The maximum atomic E-state index is 12.9. The largest absolute Gasteiger partial charge is 0.379 e. The summed E-state index contributed by atoms with van der Waals surface area (Å²) in [5.74, 6) is 0.458. The molecule has 0 radical (unpaired) electrons. The molecule has 3 heterocycles. The van der Waals surface area contributed by atoms with Gasteiger partial charge in [-0.05, 0) is 50.5 Å². The number of aromatic nitrogens is 2. The summed E-state index contributed by atoms with van der Waals surface area (Å²) < 4.78 is 31.2. The highest BCUT2D eigenvalue weighted by atomic mass is 32.2. The Hall–Kier alpha value is -3.35. The number of benzene rings is 2. The van der Waals surface area contributed by atoms with Crippen LogP contribution in [0.3, 0.4) is 0 Å². The van der Waals surface area contributed by atoms with Crippen molar-refractivity contribution in [2.75, 3.05) is 76.7 Å². The van der Waals surface area contributed by atoms with E-state index in [4.69, 9.17) is 4.18 Å². The van der Waals surface area contributed by atoms with E-state index < -0.39 is 10.1 Å². The Morgan fingerprint density at radius 3 is 2.22 bits per heavy atom. The van der Waals surface area contributed by atoms with Crippen LogP contribution in [-0.2, 0) is 10.1 Å². The van der Waals surface area contributed by atoms with E-state index >= 15 is 0 Å². The van der Waals surface area contributed by atoms with Crippen molar-refractivity contribution < 1.29 is 17.4 Å². The monoisotopic (exact) mass is 513 g/mol. The first-order valence-electron chi connectivity index (χ1n) is 12.0. The summed E-state index contributed by atoms with van der Waals surface area (Å²) in [6, 6.07) is 11.3. The molecule has 11 nitrogen and oxygen atoms in total. The van der Waals surface area contributed by atoms with E-state index in [0.717, 1.165) is 45.0 Å². The minimum atomic E-state index is -4.01. The summed E-state index contributed by atoms with van der Waals surface area (Å²) in [6.45, 7) is 6.69. The maximum Gasteiger partial charge on any atom is 0.339 e. The molecule has 0 bridgehead atoms. The highest BCUT2D eigenvalue weighted by Gasteiger charge is 2.21. The second-order valence-electron chi connectivity index (χ2n) is 9.31. The van der Waals surface area contributed by atoms with Gasteiger partial charge in [0.1, 0.15) is 10.6 Å². The summed E-state index contributed by atoms with van der Waals surface area (Å²) in [5.41, 5.74) is 2.14. The molecule has 0 saturated carbocycles. The van der Waals surface area contributed by atoms with Crippen molar-refractivity contribution in [2.45, 2.75) is 4.90 Å². The lowest BCUT2D eigenvalue weighted by Crippen LogP contribution is -2.48. The van der Waals surface area contributed by atoms with Crippen LogP contribution in [0.5, 0.6) is 5.75 Å². The van der Waals surface area contributed by atoms with Crippen LogP contribution < -0.4 is 14.4 Å². The summed E-state index contributed by atoms with van der Waals surface area (Å²) in [6.07, 6.45) is 0. The topological polar surface area (TPSA) is 114 Å². The zero-order valence-electron chi connectivity index (χ0n) is 20.5. The van der Waals surface area contributed by atoms with Crippen molar-refractivity contribution in [1.29, 1.82) is 0 Å². The molecule has 3 aromatic rings. The Balaban J connectivity index is 1.25. The number of nitrogens with one attached hydrogen (secondary N) is 2. The van der Waals surface area contributed by atoms with E-state index in [9.17, 15) is 13.2 Å². The van der Waals surface area contributed by atoms with Crippen LogP contribution in [0.25, 0.3) is 11.0 Å². The number of anilines is 2. The fraction of sp³-hybridized carbons (Fsp3) is 0.417. The van der Waals surface area contributed by atoms with Gasteiger partial charge < -0.3 is 28.8 Å². The standard InChI is InChI=1S/C24H31N7O4S/c1-28-9-13-30(14-10-28)18-3-6-20(7-4-18)36(33,34)35-19-5-8-21-22(17-19)26-23(25-21)27-24(32)31-15-11-29(2)12-16-31/h3-8,17H,9-16H2,1-2H3,(H2,25,26,27,32). The number of piperazine rings is 2. The third-order valence-corrected chi connectivity index (χ3v) is 7.93. The highest BCUT2D eigenvalue weighted by molar-refractivity contribution is 7.87. The Labute approximate surface area is 210 Å². The number of imidazole rings is 1. The van der Waals surface area contributed by atoms with Crippen LogP contribution in [0.2, 0.25) is 0 Å². The van der Waals surface area contributed by atoms with Gasteiger partial charge in [-0.1, -0.05) is 0 Å². The number of urea groups is 1. The predicted octanol–water partition coefficient (Wildman–Crippen LogP) is 1.86. The van der Waals surface area contributed by atoms with Crippen LogP contribution >= 0.6 is 0 Å². The Morgan fingerprint density at radius 2 is 1.56 bits per heavy atom. The number of hydrogen-bond acceptors (Lipinski definition) is 8. The molecule has 2 amide bonds. The summed E-state index contributed by atoms with van der Waals surface area (Å²) in [5, 5.41) is 2.78. The van der Waals surface area contributed by atoms with Crippen LogP contribution in [0, 0.1) is 0 Å². The number of aromatic amines is 1. The van der Waals surface area contributed by atoms with Gasteiger partial charge in [-0.25, -0.2) is 9.78 Å². The van der Waals surface area contributed by atoms with E-state index in [-0.39, 0.29) is 16.7 Å². The lowest BCUT2D eigenvalue weighted by Gasteiger charge is -2.34. The van der Waals surface area contributed by atoms with E-state index in [1.54, 1.807) is 35.2 Å². The molecule has 0 unspecified atom stereocenters. The van der Waals surface area contributed by atoms with Gasteiger partial charge in [0.2, 0.25) is 5.95 Å². The molecule has 2 aliphatic rings. The molecule has 0 aliphatic carbocycles. The van der Waals surface area contributed by atoms with E-state index in [0.29, 0.717) is 30.1 Å². The average Bonchev–Trinajstić information content (AvgIpc) is 3.26. The van der Waals surface area contributed by atoms with Crippen molar-refractivity contribution in [3.05, 3.63) is 42.5 Å². The minimum Gasteiger partial charge on any atom is -0.379 e. The van der Waals surface area contributed by atoms with Gasteiger partial charge in [0, 0.05) is 64.1 Å². The van der Waals surface area contributed by atoms with Gasteiger partial charge in [-0.2, -0.15) is 8.42 Å². The summed E-state index contributed by atoms with van der Waals surface area (Å²) in [7, 11) is 0.109. The number of likely N-dealkylation sites (N-methyl/N-ethyl adjacent to an activating group) is 2. The van der Waals surface area contributed by atoms with Gasteiger partial charge in [-0.3, -0.25) is 5.32 Å². The zero-order chi connectivity index (χ0) is 25.3. The zero-order valence-corrected chi connectivity index (χ0v) is 21.3. The molecular formula is C24H31N7O4S. The van der Waals surface area contributed by atoms with Crippen LogP contribution in [0.1, 0.15) is 0 Å². The van der Waals surface area contributed by atoms with Crippen molar-refractivity contribution in [1.82, 2.24) is 24.7 Å². The molecule has 5 rings (SSSR count). The molecule has 1 aromatic heterocycles. The molecule has 2 saturated heterocycles. The molecule has 2 fully saturated rings. The first-order valence-corrected chi connectivity index (χ1v) is 13.4. The molecule has 36 heavy (non-hydrogen) atoms. The van der Waals surface area contributed by atoms with Gasteiger partial charge in [0.25, 0.3) is 0 Å². The second-order valence-corrected chi connectivity index (χ2v) is 10.9. The van der Waals surface area contributed by atoms with Crippen LogP contribution in [-0.4, -0.2) is 106 Å². The molecule has 2 aliphatic heterocycles. The quantitative estimate of drug-likeness (QED) is 0.497. The fourth-order valence-electron chi connectivity index (χ4n) is 4.35. The summed E-state index contributed by atoms with van der Waals surface area (Å²) in [4.78, 5) is 28.4. The Bertz CT molecular complexity index is 1330. The molecule has 2 aromatic carbocycles. The van der Waals surface area contributed by atoms with Crippen LogP contribution in [0.15, 0.2) is 47.4 Å². The highest BCUT2D eigenvalue weighted by Crippen LogP contribution is 2.25. The lowest BCUT2D eigenvalue weighted by atomic mass is 10.2. The number of H-pyrrole nitrogens is 1. The van der Waals surface area contributed by atoms with E-state index in [1.807, 2.05) is 19.2 Å². The van der Waals surface area contributed by atoms with Crippen LogP contribution in [0.4, 0.5) is 16.4 Å². The maximum absolute atomic E-state index is 12.9. The number of amides is 2. The SMILES string of the molecule is CN1CCN(C(=O)Nc2nc3ccc(OS(=O)(=O)c4ccc(N5CCN(C)CC5)cc4)cc3[nH]2)CC1.